The summed E-state index contributed by atoms with van der Waals surface area (Å²) in [5.74, 6) is 7.14. The van der Waals surface area contributed by atoms with Crippen LogP contribution in [0.4, 0.5) is 0 Å². The molecule has 3 unspecified atom stereocenters. The first kappa shape index (κ1) is 13.3. The van der Waals surface area contributed by atoms with E-state index in [1.807, 2.05) is 41.2 Å². The van der Waals surface area contributed by atoms with Crippen molar-refractivity contribution >= 4 is 0 Å². The molecule has 0 bridgehead atoms. The van der Waals surface area contributed by atoms with Crippen molar-refractivity contribution < 1.29 is 0 Å². The first-order chi connectivity index (χ1) is 9.79. The molecule has 0 aliphatic heterocycles. The quantitative estimate of drug-likeness (QED) is 0.661. The summed E-state index contributed by atoms with van der Waals surface area (Å²) in [6.45, 7) is 2.31. The summed E-state index contributed by atoms with van der Waals surface area (Å²) in [4.78, 5) is 0. The third kappa shape index (κ3) is 2.46. The van der Waals surface area contributed by atoms with Gasteiger partial charge in [-0.05, 0) is 36.8 Å². The van der Waals surface area contributed by atoms with E-state index in [4.69, 9.17) is 5.84 Å². The van der Waals surface area contributed by atoms with Crippen LogP contribution in [0.3, 0.4) is 0 Å². The van der Waals surface area contributed by atoms with Crippen molar-refractivity contribution in [1.29, 1.82) is 0 Å². The van der Waals surface area contributed by atoms with Gasteiger partial charge in [-0.1, -0.05) is 36.8 Å². The van der Waals surface area contributed by atoms with Gasteiger partial charge in [0.25, 0.3) is 0 Å². The maximum Gasteiger partial charge on any atom is 0.0831 e. The minimum Gasteiger partial charge on any atom is -0.271 e. The van der Waals surface area contributed by atoms with Crippen LogP contribution < -0.4 is 11.3 Å². The molecule has 1 aromatic carbocycles. The highest BCUT2D eigenvalue weighted by atomic mass is 15.4. The van der Waals surface area contributed by atoms with Gasteiger partial charge in [-0.15, -0.1) is 5.10 Å². The van der Waals surface area contributed by atoms with Crippen molar-refractivity contribution in [2.75, 3.05) is 0 Å². The van der Waals surface area contributed by atoms with E-state index in [1.165, 1.54) is 19.3 Å². The Bertz CT molecular complexity index is 550. The number of rotatable bonds is 4. The van der Waals surface area contributed by atoms with Gasteiger partial charge in [0.1, 0.15) is 0 Å². The maximum atomic E-state index is 5.82. The normalized spacial score (nSPS) is 23.9. The second kappa shape index (κ2) is 5.73. The summed E-state index contributed by atoms with van der Waals surface area (Å²) in [5, 5.41) is 8.29. The number of nitrogens with zero attached hydrogens (tertiary/aromatic N) is 3. The highest BCUT2D eigenvalue weighted by Crippen LogP contribution is 2.38. The summed E-state index contributed by atoms with van der Waals surface area (Å²) < 4.78 is 1.88. The Morgan fingerprint density at radius 1 is 1.30 bits per heavy atom. The number of hydrazine groups is 1. The number of hydrogen-bond acceptors (Lipinski definition) is 4. The van der Waals surface area contributed by atoms with E-state index in [-0.39, 0.29) is 6.04 Å². The Balaban J connectivity index is 1.91. The molecule has 1 aromatic heterocycles. The molecule has 1 saturated carbocycles. The summed E-state index contributed by atoms with van der Waals surface area (Å²) in [6.07, 6.45) is 5.50. The van der Waals surface area contributed by atoms with Gasteiger partial charge in [0.15, 0.2) is 0 Å². The largest absolute Gasteiger partial charge is 0.271 e. The first-order valence-corrected chi connectivity index (χ1v) is 7.21. The van der Waals surface area contributed by atoms with E-state index in [2.05, 4.69) is 22.7 Å². The molecule has 3 rings (SSSR count). The summed E-state index contributed by atoms with van der Waals surface area (Å²) in [6, 6.07) is 10.2. The number of para-hydroxylation sites is 1. The SMILES string of the molecule is CC1CCC(C(NN)c2cnnn2-c2ccccc2)C1. The molecule has 0 amide bonds. The van der Waals surface area contributed by atoms with Crippen molar-refractivity contribution in [3.05, 3.63) is 42.2 Å². The minimum absolute atomic E-state index is 0.107. The molecule has 1 heterocycles. The van der Waals surface area contributed by atoms with E-state index < -0.39 is 0 Å². The molecule has 5 nitrogen and oxygen atoms in total. The molecule has 5 heteroatoms. The second-order valence-corrected chi connectivity index (χ2v) is 5.73. The first-order valence-electron chi connectivity index (χ1n) is 7.21. The van der Waals surface area contributed by atoms with Crippen LogP contribution in [0.2, 0.25) is 0 Å². The van der Waals surface area contributed by atoms with Gasteiger partial charge in [-0.2, -0.15) is 0 Å². The monoisotopic (exact) mass is 271 g/mol. The van der Waals surface area contributed by atoms with Crippen LogP contribution in [-0.2, 0) is 0 Å². The number of nitrogens with one attached hydrogen (secondary N) is 1. The Hall–Kier alpha value is -1.72. The Morgan fingerprint density at radius 2 is 2.10 bits per heavy atom. The molecule has 0 spiro atoms. The Morgan fingerprint density at radius 3 is 2.75 bits per heavy atom. The molecular weight excluding hydrogens is 250 g/mol. The van der Waals surface area contributed by atoms with Crippen molar-refractivity contribution in [2.24, 2.45) is 17.7 Å². The number of benzene rings is 1. The van der Waals surface area contributed by atoms with Gasteiger partial charge in [0.05, 0.1) is 23.6 Å². The topological polar surface area (TPSA) is 68.8 Å². The molecule has 1 aliphatic rings. The molecule has 1 aliphatic carbocycles. The van der Waals surface area contributed by atoms with Gasteiger partial charge in [-0.3, -0.25) is 11.3 Å². The van der Waals surface area contributed by atoms with E-state index in [1.54, 1.807) is 0 Å². The van der Waals surface area contributed by atoms with Crippen LogP contribution >= 0.6 is 0 Å². The van der Waals surface area contributed by atoms with Crippen molar-refractivity contribution in [1.82, 2.24) is 20.4 Å². The van der Waals surface area contributed by atoms with E-state index in [0.29, 0.717) is 5.92 Å². The molecule has 106 valence electrons. The molecule has 1 fully saturated rings. The molecule has 0 radical (unpaired) electrons. The minimum atomic E-state index is 0.107. The Labute approximate surface area is 119 Å². The fourth-order valence-electron chi connectivity index (χ4n) is 3.24. The van der Waals surface area contributed by atoms with Crippen LogP contribution in [0.15, 0.2) is 36.5 Å². The van der Waals surface area contributed by atoms with Crippen LogP contribution in [-0.4, -0.2) is 15.0 Å². The average Bonchev–Trinajstić information content (AvgIpc) is 3.11. The molecule has 3 atom stereocenters. The number of aromatic nitrogens is 3. The average molecular weight is 271 g/mol. The lowest BCUT2D eigenvalue weighted by Gasteiger charge is -2.23. The zero-order valence-corrected chi connectivity index (χ0v) is 11.7. The predicted molar refractivity (Wildman–Crippen MR) is 77.9 cm³/mol. The molecule has 0 saturated heterocycles. The van der Waals surface area contributed by atoms with Gasteiger partial charge in [0, 0.05) is 0 Å². The van der Waals surface area contributed by atoms with Crippen LogP contribution in [0.5, 0.6) is 0 Å². The molecule has 2 aromatic rings. The summed E-state index contributed by atoms with van der Waals surface area (Å²) >= 11 is 0. The van der Waals surface area contributed by atoms with Crippen LogP contribution in [0.25, 0.3) is 5.69 Å². The number of nitrogens with two attached hydrogens (primary N) is 1. The lowest BCUT2D eigenvalue weighted by atomic mass is 9.95. The standard InChI is InChI=1S/C15H21N5/c1-11-7-8-12(9-11)15(18-16)14-10-17-19-20(14)13-5-3-2-4-6-13/h2-6,10-12,15,18H,7-9,16H2,1H3. The van der Waals surface area contributed by atoms with Crippen molar-refractivity contribution in [2.45, 2.75) is 32.2 Å². The molecule has 3 N–H and O–H groups in total. The maximum absolute atomic E-state index is 5.82. The van der Waals surface area contributed by atoms with Crippen LogP contribution in [0, 0.1) is 11.8 Å². The fourth-order valence-corrected chi connectivity index (χ4v) is 3.24. The highest BCUT2D eigenvalue weighted by Gasteiger charge is 2.31. The number of hydrogen-bond donors (Lipinski definition) is 2. The van der Waals surface area contributed by atoms with Crippen molar-refractivity contribution in [3.8, 4) is 5.69 Å². The van der Waals surface area contributed by atoms with E-state index >= 15 is 0 Å². The van der Waals surface area contributed by atoms with E-state index in [9.17, 15) is 0 Å². The molecular formula is C15H21N5. The van der Waals surface area contributed by atoms with Gasteiger partial charge >= 0.3 is 0 Å². The summed E-state index contributed by atoms with van der Waals surface area (Å²) in [7, 11) is 0. The third-order valence-corrected chi connectivity index (χ3v) is 4.28. The van der Waals surface area contributed by atoms with Gasteiger partial charge < -0.3 is 0 Å². The lowest BCUT2D eigenvalue weighted by Crippen LogP contribution is -2.34. The Kier molecular flexibility index (Phi) is 3.80. The van der Waals surface area contributed by atoms with Gasteiger partial charge in [-0.25, -0.2) is 4.68 Å². The lowest BCUT2D eigenvalue weighted by molar-refractivity contribution is 0.351. The van der Waals surface area contributed by atoms with E-state index in [0.717, 1.165) is 17.3 Å². The van der Waals surface area contributed by atoms with Crippen molar-refractivity contribution in [3.63, 3.8) is 0 Å². The summed E-state index contributed by atoms with van der Waals surface area (Å²) in [5.41, 5.74) is 5.04. The molecule has 20 heavy (non-hydrogen) atoms. The van der Waals surface area contributed by atoms with Crippen LogP contribution in [0.1, 0.15) is 37.9 Å². The zero-order valence-electron chi connectivity index (χ0n) is 11.7. The second-order valence-electron chi connectivity index (χ2n) is 5.73. The smallest absolute Gasteiger partial charge is 0.0831 e. The zero-order chi connectivity index (χ0) is 13.9. The highest BCUT2D eigenvalue weighted by molar-refractivity contribution is 5.32. The fraction of sp³-hybridized carbons (Fsp3) is 0.467. The predicted octanol–water partition coefficient (Wildman–Crippen LogP) is 2.21. The van der Waals surface area contributed by atoms with Gasteiger partial charge in [0.2, 0.25) is 0 Å². The third-order valence-electron chi connectivity index (χ3n) is 4.28.